The van der Waals surface area contributed by atoms with Gasteiger partial charge in [-0.3, -0.25) is 9.38 Å². The molecule has 0 fully saturated rings. The van der Waals surface area contributed by atoms with Crippen LogP contribution >= 0.6 is 11.6 Å². The van der Waals surface area contributed by atoms with E-state index < -0.39 is 0 Å². The summed E-state index contributed by atoms with van der Waals surface area (Å²) in [4.78, 5) is 23.6. The molecule has 6 heteroatoms. The number of imidazole rings is 1. The first kappa shape index (κ1) is 12.1. The molecule has 0 atom stereocenters. The largest absolute Gasteiger partial charge is 0.331 e. The fraction of sp³-hybridized carbons (Fsp3) is 0. The summed E-state index contributed by atoms with van der Waals surface area (Å²) in [7, 11) is 0. The zero-order valence-corrected chi connectivity index (χ0v) is 11.5. The lowest BCUT2D eigenvalue weighted by Crippen LogP contribution is -2.15. The molecule has 0 spiro atoms. The Labute approximate surface area is 123 Å². The van der Waals surface area contributed by atoms with Crippen molar-refractivity contribution in [2.75, 3.05) is 0 Å². The monoisotopic (exact) mass is 296 g/mol. The number of aromatic amines is 1. The van der Waals surface area contributed by atoms with Crippen LogP contribution in [0, 0.1) is 0 Å². The summed E-state index contributed by atoms with van der Waals surface area (Å²) in [6.45, 7) is 0. The van der Waals surface area contributed by atoms with Crippen molar-refractivity contribution >= 4 is 28.2 Å². The number of hydrogen-bond acceptors (Lipinski definition) is 3. The SMILES string of the molecule is O=c1[nH]c2ccncc2c2nc(-c3cccc(Cl)c3)cn12. The van der Waals surface area contributed by atoms with E-state index in [-0.39, 0.29) is 5.69 Å². The van der Waals surface area contributed by atoms with E-state index >= 15 is 0 Å². The zero-order chi connectivity index (χ0) is 14.4. The third-order valence-electron chi connectivity index (χ3n) is 3.35. The molecule has 1 N–H and O–H groups in total. The number of halogens is 1. The van der Waals surface area contributed by atoms with Crippen LogP contribution in [0.4, 0.5) is 0 Å². The standard InChI is InChI=1S/C15H9ClN4O/c16-10-3-1-2-9(6-10)13-8-20-14(18-13)11-7-17-5-4-12(11)19-15(20)21/h1-8H,(H,19,21). The number of hydrogen-bond donors (Lipinski definition) is 1. The number of aromatic nitrogens is 4. The molecule has 0 saturated heterocycles. The molecule has 0 aliphatic carbocycles. The first-order valence-corrected chi connectivity index (χ1v) is 6.71. The molecule has 0 bridgehead atoms. The average molecular weight is 297 g/mol. The Bertz CT molecular complexity index is 1030. The Balaban J connectivity index is 2.08. The van der Waals surface area contributed by atoms with Gasteiger partial charge in [0.2, 0.25) is 0 Å². The van der Waals surface area contributed by atoms with Crippen molar-refractivity contribution in [3.63, 3.8) is 0 Å². The van der Waals surface area contributed by atoms with Crippen molar-refractivity contribution < 1.29 is 0 Å². The molecular weight excluding hydrogens is 288 g/mol. The number of fused-ring (bicyclic) bond motifs is 3. The smallest absolute Gasteiger partial charge is 0.306 e. The van der Waals surface area contributed by atoms with Gasteiger partial charge in [-0.1, -0.05) is 23.7 Å². The lowest BCUT2D eigenvalue weighted by atomic mass is 10.2. The number of nitrogens with zero attached hydrogens (tertiary/aromatic N) is 3. The van der Waals surface area contributed by atoms with Crippen LogP contribution < -0.4 is 5.69 Å². The lowest BCUT2D eigenvalue weighted by molar-refractivity contribution is 1.03. The third-order valence-corrected chi connectivity index (χ3v) is 3.58. The highest BCUT2D eigenvalue weighted by atomic mass is 35.5. The Morgan fingerprint density at radius 3 is 3.00 bits per heavy atom. The molecule has 0 radical (unpaired) electrons. The van der Waals surface area contributed by atoms with Crippen LogP contribution in [0.2, 0.25) is 5.02 Å². The summed E-state index contributed by atoms with van der Waals surface area (Å²) in [5, 5.41) is 1.43. The molecule has 0 amide bonds. The molecule has 4 rings (SSSR count). The number of H-pyrrole nitrogens is 1. The summed E-state index contributed by atoms with van der Waals surface area (Å²) in [6, 6.07) is 9.13. The zero-order valence-electron chi connectivity index (χ0n) is 10.7. The second-order valence-electron chi connectivity index (χ2n) is 4.68. The molecule has 0 unspecified atom stereocenters. The van der Waals surface area contributed by atoms with Crippen LogP contribution in [0.5, 0.6) is 0 Å². The van der Waals surface area contributed by atoms with Crippen molar-refractivity contribution in [2.24, 2.45) is 0 Å². The molecule has 3 heterocycles. The number of nitrogens with one attached hydrogen (secondary N) is 1. The summed E-state index contributed by atoms with van der Waals surface area (Å²) >= 11 is 6.01. The van der Waals surface area contributed by atoms with Gasteiger partial charge in [-0.05, 0) is 18.2 Å². The van der Waals surface area contributed by atoms with Gasteiger partial charge in [0, 0.05) is 29.2 Å². The van der Waals surface area contributed by atoms with Gasteiger partial charge in [0.05, 0.1) is 16.6 Å². The molecule has 1 aromatic carbocycles. The summed E-state index contributed by atoms with van der Waals surface area (Å²) in [5.41, 5.74) is 2.62. The number of benzene rings is 1. The van der Waals surface area contributed by atoms with E-state index in [0.29, 0.717) is 21.9 Å². The second kappa shape index (κ2) is 4.43. The molecule has 0 aliphatic heterocycles. The highest BCUT2D eigenvalue weighted by molar-refractivity contribution is 6.30. The Kier molecular flexibility index (Phi) is 2.55. The van der Waals surface area contributed by atoms with E-state index in [9.17, 15) is 4.79 Å². The molecule has 4 aromatic rings. The van der Waals surface area contributed by atoms with Gasteiger partial charge in [-0.2, -0.15) is 0 Å². The lowest BCUT2D eigenvalue weighted by Gasteiger charge is -1.98. The fourth-order valence-electron chi connectivity index (χ4n) is 2.37. The predicted octanol–water partition coefficient (Wildman–Crippen LogP) is 2.89. The van der Waals surface area contributed by atoms with Gasteiger partial charge < -0.3 is 4.98 Å². The van der Waals surface area contributed by atoms with Crippen LogP contribution in [-0.2, 0) is 0 Å². The van der Waals surface area contributed by atoms with E-state index in [0.717, 1.165) is 10.9 Å². The van der Waals surface area contributed by atoms with Gasteiger partial charge in [-0.15, -0.1) is 0 Å². The van der Waals surface area contributed by atoms with E-state index in [1.54, 1.807) is 30.7 Å². The third kappa shape index (κ3) is 1.90. The van der Waals surface area contributed by atoms with E-state index in [1.165, 1.54) is 4.40 Å². The van der Waals surface area contributed by atoms with Gasteiger partial charge in [-0.25, -0.2) is 9.78 Å². The van der Waals surface area contributed by atoms with Gasteiger partial charge in [0.25, 0.3) is 0 Å². The Morgan fingerprint density at radius 1 is 1.24 bits per heavy atom. The van der Waals surface area contributed by atoms with Gasteiger partial charge >= 0.3 is 5.69 Å². The minimum absolute atomic E-state index is 0.232. The van der Waals surface area contributed by atoms with Crippen molar-refractivity contribution in [2.45, 2.75) is 0 Å². The molecule has 5 nitrogen and oxygen atoms in total. The van der Waals surface area contributed by atoms with Crippen molar-refractivity contribution in [3.05, 3.63) is 64.4 Å². The van der Waals surface area contributed by atoms with Crippen molar-refractivity contribution in [3.8, 4) is 11.3 Å². The van der Waals surface area contributed by atoms with Crippen molar-refractivity contribution in [1.29, 1.82) is 0 Å². The summed E-state index contributed by atoms with van der Waals surface area (Å²) in [5.74, 6) is 0. The summed E-state index contributed by atoms with van der Waals surface area (Å²) in [6.07, 6.45) is 5.03. The molecular formula is C15H9ClN4O. The molecule has 0 aliphatic rings. The van der Waals surface area contributed by atoms with Crippen LogP contribution in [0.25, 0.3) is 27.8 Å². The predicted molar refractivity (Wildman–Crippen MR) is 81.6 cm³/mol. The second-order valence-corrected chi connectivity index (χ2v) is 5.12. The average Bonchev–Trinajstić information content (AvgIpc) is 2.93. The highest BCUT2D eigenvalue weighted by Crippen LogP contribution is 2.23. The molecule has 0 saturated carbocycles. The number of rotatable bonds is 1. The molecule has 102 valence electrons. The van der Waals surface area contributed by atoms with Crippen LogP contribution in [-0.4, -0.2) is 19.4 Å². The maximum absolute atomic E-state index is 12.1. The first-order chi connectivity index (χ1) is 10.2. The van der Waals surface area contributed by atoms with Crippen LogP contribution in [0.3, 0.4) is 0 Å². The van der Waals surface area contributed by atoms with Gasteiger partial charge in [0.1, 0.15) is 0 Å². The van der Waals surface area contributed by atoms with Crippen LogP contribution in [0.1, 0.15) is 0 Å². The van der Waals surface area contributed by atoms with E-state index in [1.807, 2.05) is 18.2 Å². The van der Waals surface area contributed by atoms with E-state index in [2.05, 4.69) is 15.0 Å². The Hall–Kier alpha value is -2.66. The number of pyridine rings is 1. The highest BCUT2D eigenvalue weighted by Gasteiger charge is 2.10. The topological polar surface area (TPSA) is 63.0 Å². The minimum Gasteiger partial charge on any atom is -0.306 e. The summed E-state index contributed by atoms with van der Waals surface area (Å²) < 4.78 is 1.49. The fourth-order valence-corrected chi connectivity index (χ4v) is 2.56. The maximum Gasteiger partial charge on any atom is 0.331 e. The minimum atomic E-state index is -0.232. The normalized spacial score (nSPS) is 11.3. The first-order valence-electron chi connectivity index (χ1n) is 6.33. The maximum atomic E-state index is 12.1. The van der Waals surface area contributed by atoms with E-state index in [4.69, 9.17) is 11.6 Å². The van der Waals surface area contributed by atoms with Crippen LogP contribution in [0.15, 0.2) is 53.7 Å². The quantitative estimate of drug-likeness (QED) is 0.587. The van der Waals surface area contributed by atoms with Crippen molar-refractivity contribution in [1.82, 2.24) is 19.4 Å². The Morgan fingerprint density at radius 2 is 2.14 bits per heavy atom. The van der Waals surface area contributed by atoms with Gasteiger partial charge in [0.15, 0.2) is 5.65 Å². The molecule has 21 heavy (non-hydrogen) atoms. The molecule has 3 aromatic heterocycles.